The summed E-state index contributed by atoms with van der Waals surface area (Å²) in [5.74, 6) is 0. The molecule has 1 saturated heterocycles. The van der Waals surface area contributed by atoms with E-state index in [4.69, 9.17) is 0 Å². The first-order chi connectivity index (χ1) is 8.33. The van der Waals surface area contributed by atoms with E-state index in [1.54, 1.807) is 0 Å². The van der Waals surface area contributed by atoms with Crippen LogP contribution in [0.25, 0.3) is 0 Å². The highest BCUT2D eigenvalue weighted by Gasteiger charge is 2.48. The number of piperidine rings is 1. The molecule has 1 spiro atoms. The Bertz CT molecular complexity index is 323. The maximum absolute atomic E-state index is 13.8. The van der Waals surface area contributed by atoms with Crippen molar-refractivity contribution in [2.45, 2.75) is 63.4 Å². The van der Waals surface area contributed by atoms with Crippen LogP contribution in [0, 0.1) is 5.41 Å². The average molecular weight is 276 g/mol. The number of hydrogen-bond donors (Lipinski definition) is 2. The number of nitrogens with one attached hydrogen (secondary N) is 2. The Kier molecular flexibility index (Phi) is 4.14. The maximum atomic E-state index is 13.8. The largest absolute Gasteiger partial charge is 0.317 e. The minimum absolute atomic E-state index is 0.0194. The molecule has 2 rings (SSSR count). The SMILES string of the molecule is CC(C)(C)[S@@](=O)N[C@@H]1C[C@@H](F)CC12CCNCC2. The van der Waals surface area contributed by atoms with Crippen LogP contribution >= 0.6 is 0 Å². The minimum Gasteiger partial charge on any atom is -0.317 e. The lowest BCUT2D eigenvalue weighted by Gasteiger charge is -2.40. The van der Waals surface area contributed by atoms with Crippen LogP contribution in [0.4, 0.5) is 4.39 Å². The molecule has 0 aromatic rings. The second-order valence-corrected chi connectivity index (χ2v) is 8.70. The summed E-state index contributed by atoms with van der Waals surface area (Å²) < 4.78 is 28.9. The lowest BCUT2D eigenvalue weighted by Crippen LogP contribution is -2.50. The zero-order chi connectivity index (χ0) is 13.4. The molecule has 2 aliphatic rings. The molecule has 18 heavy (non-hydrogen) atoms. The highest BCUT2D eigenvalue weighted by Crippen LogP contribution is 2.46. The second-order valence-electron chi connectivity index (χ2n) is 6.70. The summed E-state index contributed by atoms with van der Waals surface area (Å²) in [6.45, 7) is 7.76. The van der Waals surface area contributed by atoms with Gasteiger partial charge in [0.2, 0.25) is 0 Å². The second kappa shape index (κ2) is 5.17. The molecule has 106 valence electrons. The smallest absolute Gasteiger partial charge is 0.102 e. The molecule has 1 aliphatic carbocycles. The summed E-state index contributed by atoms with van der Waals surface area (Å²) in [5.41, 5.74) is 0.0194. The predicted molar refractivity (Wildman–Crippen MR) is 73.5 cm³/mol. The van der Waals surface area contributed by atoms with Gasteiger partial charge in [-0.1, -0.05) is 0 Å². The standard InChI is InChI=1S/C13H25FN2OS/c1-12(2,3)18(17)16-11-8-10(14)9-13(11)4-6-15-7-5-13/h10-11,15-16H,4-9H2,1-3H3/t10-,11-,18-/m1/s1. The normalized spacial score (nSPS) is 33.8. The van der Waals surface area contributed by atoms with Crippen LogP contribution < -0.4 is 10.0 Å². The van der Waals surface area contributed by atoms with E-state index >= 15 is 0 Å². The van der Waals surface area contributed by atoms with Gasteiger partial charge in [-0.15, -0.1) is 0 Å². The number of rotatable bonds is 2. The molecule has 1 heterocycles. The van der Waals surface area contributed by atoms with E-state index in [9.17, 15) is 8.60 Å². The molecule has 3 atom stereocenters. The van der Waals surface area contributed by atoms with Crippen molar-refractivity contribution < 1.29 is 8.60 Å². The third-order valence-corrected chi connectivity index (χ3v) is 5.87. The third kappa shape index (κ3) is 2.94. The first-order valence-corrected chi connectivity index (χ1v) is 8.01. The Morgan fingerprint density at radius 3 is 2.50 bits per heavy atom. The van der Waals surface area contributed by atoms with Gasteiger partial charge in [-0.05, 0) is 65.0 Å². The van der Waals surface area contributed by atoms with Crippen LogP contribution in [0.1, 0.15) is 46.5 Å². The van der Waals surface area contributed by atoms with E-state index in [1.807, 2.05) is 20.8 Å². The molecular weight excluding hydrogens is 251 g/mol. The third-order valence-electron chi connectivity index (χ3n) is 4.26. The topological polar surface area (TPSA) is 41.1 Å². The molecule has 3 nitrogen and oxygen atoms in total. The van der Waals surface area contributed by atoms with Gasteiger partial charge in [0.05, 0.1) is 15.7 Å². The van der Waals surface area contributed by atoms with Crippen LogP contribution in [0.2, 0.25) is 0 Å². The van der Waals surface area contributed by atoms with Gasteiger partial charge in [-0.25, -0.2) is 13.3 Å². The molecule has 0 amide bonds. The molecule has 2 fully saturated rings. The maximum Gasteiger partial charge on any atom is 0.102 e. The molecule has 0 radical (unpaired) electrons. The highest BCUT2D eigenvalue weighted by atomic mass is 32.2. The summed E-state index contributed by atoms with van der Waals surface area (Å²) in [5, 5.41) is 3.33. The van der Waals surface area contributed by atoms with E-state index in [0.29, 0.717) is 12.8 Å². The summed E-state index contributed by atoms with van der Waals surface area (Å²) in [6.07, 6.45) is 2.39. The van der Waals surface area contributed by atoms with Gasteiger partial charge in [0.15, 0.2) is 0 Å². The zero-order valence-electron chi connectivity index (χ0n) is 11.6. The van der Waals surface area contributed by atoms with Crippen LogP contribution in [-0.4, -0.2) is 34.3 Å². The van der Waals surface area contributed by atoms with Crippen molar-refractivity contribution in [2.24, 2.45) is 5.41 Å². The predicted octanol–water partition coefficient (Wildman–Crippen LogP) is 1.91. The van der Waals surface area contributed by atoms with Gasteiger partial charge in [0.25, 0.3) is 0 Å². The number of hydrogen-bond acceptors (Lipinski definition) is 2. The van der Waals surface area contributed by atoms with Crippen LogP contribution in [0.3, 0.4) is 0 Å². The van der Waals surface area contributed by atoms with Gasteiger partial charge >= 0.3 is 0 Å². The lowest BCUT2D eigenvalue weighted by atomic mass is 9.75. The van der Waals surface area contributed by atoms with Crippen molar-refractivity contribution in [3.63, 3.8) is 0 Å². The van der Waals surface area contributed by atoms with E-state index in [0.717, 1.165) is 25.9 Å². The van der Waals surface area contributed by atoms with Gasteiger partial charge < -0.3 is 5.32 Å². The van der Waals surface area contributed by atoms with Gasteiger partial charge in [0, 0.05) is 6.04 Å². The van der Waals surface area contributed by atoms with Gasteiger partial charge in [-0.2, -0.15) is 0 Å². The summed E-state index contributed by atoms with van der Waals surface area (Å²) in [7, 11) is -1.11. The molecule has 1 aliphatic heterocycles. The van der Waals surface area contributed by atoms with E-state index in [-0.39, 0.29) is 16.2 Å². The van der Waals surface area contributed by atoms with Crippen LogP contribution in [-0.2, 0) is 11.0 Å². The molecule has 1 saturated carbocycles. The number of alkyl halides is 1. The highest BCUT2D eigenvalue weighted by molar-refractivity contribution is 7.84. The summed E-state index contributed by atoms with van der Waals surface area (Å²) >= 11 is 0. The lowest BCUT2D eigenvalue weighted by molar-refractivity contribution is 0.165. The van der Waals surface area contributed by atoms with Crippen molar-refractivity contribution in [2.75, 3.05) is 13.1 Å². The van der Waals surface area contributed by atoms with Crippen molar-refractivity contribution in [3.05, 3.63) is 0 Å². The molecule has 2 N–H and O–H groups in total. The average Bonchev–Trinajstić information content (AvgIpc) is 2.54. The van der Waals surface area contributed by atoms with Gasteiger partial charge in [0.1, 0.15) is 6.17 Å². The minimum atomic E-state index is -1.11. The van der Waals surface area contributed by atoms with E-state index in [2.05, 4.69) is 10.0 Å². The van der Waals surface area contributed by atoms with Crippen molar-refractivity contribution in [1.82, 2.24) is 10.0 Å². The van der Waals surface area contributed by atoms with Crippen molar-refractivity contribution in [3.8, 4) is 0 Å². The Balaban J connectivity index is 2.08. The zero-order valence-corrected chi connectivity index (χ0v) is 12.4. The fraction of sp³-hybridized carbons (Fsp3) is 1.00. The monoisotopic (exact) mass is 276 g/mol. The molecule has 0 aromatic carbocycles. The van der Waals surface area contributed by atoms with Crippen LogP contribution in [0.15, 0.2) is 0 Å². The first kappa shape index (κ1) is 14.4. The first-order valence-electron chi connectivity index (χ1n) is 6.86. The molecular formula is C13H25FN2OS. The molecule has 0 bridgehead atoms. The summed E-state index contributed by atoms with van der Waals surface area (Å²) in [6, 6.07) is 0.0645. The van der Waals surface area contributed by atoms with Crippen molar-refractivity contribution in [1.29, 1.82) is 0 Å². The van der Waals surface area contributed by atoms with E-state index in [1.165, 1.54) is 0 Å². The Morgan fingerprint density at radius 2 is 1.94 bits per heavy atom. The van der Waals surface area contributed by atoms with E-state index < -0.39 is 17.2 Å². The number of halogens is 1. The fourth-order valence-electron chi connectivity index (χ4n) is 3.13. The molecule has 0 unspecified atom stereocenters. The van der Waals surface area contributed by atoms with Crippen molar-refractivity contribution >= 4 is 11.0 Å². The van der Waals surface area contributed by atoms with Gasteiger partial charge in [-0.3, -0.25) is 0 Å². The Labute approximate surface area is 112 Å². The molecule has 0 aromatic heterocycles. The molecule has 5 heteroatoms. The Morgan fingerprint density at radius 1 is 1.33 bits per heavy atom. The fourth-order valence-corrected chi connectivity index (χ4v) is 4.09. The quantitative estimate of drug-likeness (QED) is 0.809. The van der Waals surface area contributed by atoms with Crippen LogP contribution in [0.5, 0.6) is 0 Å². The summed E-state index contributed by atoms with van der Waals surface area (Å²) in [4.78, 5) is 0. The Hall–Kier alpha value is -0.0000000000000000486.